The molecule has 4 nitrogen and oxygen atoms in total. The van der Waals surface area contributed by atoms with Gasteiger partial charge in [0.2, 0.25) is 0 Å². The van der Waals surface area contributed by atoms with Crippen molar-refractivity contribution in [2.24, 2.45) is 0 Å². The van der Waals surface area contributed by atoms with E-state index >= 15 is 0 Å². The maximum Gasteiger partial charge on any atom is 0.129 e. The largest absolute Gasteiger partial charge is 0.462 e. The van der Waals surface area contributed by atoms with E-state index in [0.717, 1.165) is 11.5 Å². The van der Waals surface area contributed by atoms with Gasteiger partial charge in [0, 0.05) is 13.7 Å². The molecule has 0 spiro atoms. The second-order valence-corrected chi connectivity index (χ2v) is 2.70. The molecule has 0 saturated heterocycles. The van der Waals surface area contributed by atoms with Crippen molar-refractivity contribution in [1.29, 1.82) is 0 Å². The topological polar surface area (TPSA) is 54.6 Å². The van der Waals surface area contributed by atoms with E-state index in [-0.39, 0.29) is 6.61 Å². The second kappa shape index (κ2) is 5.75. The zero-order valence-corrected chi connectivity index (χ0v) is 7.75. The molecule has 1 heterocycles. The molecule has 2 N–H and O–H groups in total. The lowest BCUT2D eigenvalue weighted by atomic mass is 10.4. The van der Waals surface area contributed by atoms with Crippen LogP contribution in [0.1, 0.15) is 11.5 Å². The molecule has 0 aliphatic heterocycles. The maximum atomic E-state index is 8.52. The van der Waals surface area contributed by atoms with E-state index in [1.165, 1.54) is 0 Å². The van der Waals surface area contributed by atoms with Crippen molar-refractivity contribution >= 4 is 0 Å². The Labute approximate surface area is 77.5 Å². The Kier molecular flexibility index (Phi) is 4.53. The summed E-state index contributed by atoms with van der Waals surface area (Å²) in [5, 5.41) is 11.5. The van der Waals surface area contributed by atoms with Crippen molar-refractivity contribution in [3.8, 4) is 0 Å². The van der Waals surface area contributed by atoms with Crippen LogP contribution in [0.5, 0.6) is 0 Å². The van der Waals surface area contributed by atoms with E-state index in [1.807, 2.05) is 12.1 Å². The van der Waals surface area contributed by atoms with Gasteiger partial charge in [-0.1, -0.05) is 0 Å². The number of aliphatic hydroxyl groups excluding tert-OH is 1. The van der Waals surface area contributed by atoms with Gasteiger partial charge in [-0.05, 0) is 12.1 Å². The van der Waals surface area contributed by atoms with Crippen molar-refractivity contribution < 1.29 is 14.3 Å². The maximum absolute atomic E-state index is 8.52. The first kappa shape index (κ1) is 10.2. The van der Waals surface area contributed by atoms with E-state index in [9.17, 15) is 0 Å². The minimum absolute atomic E-state index is 0.144. The number of rotatable bonds is 6. The molecule has 0 fully saturated rings. The first-order valence-corrected chi connectivity index (χ1v) is 4.25. The van der Waals surface area contributed by atoms with Gasteiger partial charge >= 0.3 is 0 Å². The fourth-order valence-corrected chi connectivity index (χ4v) is 1.03. The molecule has 4 heteroatoms. The summed E-state index contributed by atoms with van der Waals surface area (Å²) in [5.41, 5.74) is 0. The highest BCUT2D eigenvalue weighted by atomic mass is 16.5. The van der Waals surface area contributed by atoms with Crippen LogP contribution in [-0.2, 0) is 17.9 Å². The van der Waals surface area contributed by atoms with Crippen LogP contribution in [0.3, 0.4) is 0 Å². The first-order chi connectivity index (χ1) is 6.36. The highest BCUT2D eigenvalue weighted by Gasteiger charge is 2.00. The predicted octanol–water partition coefficient (Wildman–Crippen LogP) is 0.508. The van der Waals surface area contributed by atoms with Gasteiger partial charge < -0.3 is 19.6 Å². The van der Waals surface area contributed by atoms with Gasteiger partial charge in [-0.25, -0.2) is 0 Å². The van der Waals surface area contributed by atoms with E-state index in [0.29, 0.717) is 19.7 Å². The highest BCUT2D eigenvalue weighted by Crippen LogP contribution is 2.07. The predicted molar refractivity (Wildman–Crippen MR) is 48.2 cm³/mol. The Morgan fingerprint density at radius 2 is 2.23 bits per heavy atom. The number of hydrogen-bond acceptors (Lipinski definition) is 4. The molecule has 1 aromatic heterocycles. The average molecular weight is 185 g/mol. The summed E-state index contributed by atoms with van der Waals surface area (Å²) in [7, 11) is 1.63. The standard InChI is InChI=1S/C9H15NO3/c1-12-7-9-3-2-8(13-9)6-10-4-5-11/h2-3,10-11H,4-7H2,1H3. The number of hydrogen-bond donors (Lipinski definition) is 2. The van der Waals surface area contributed by atoms with Gasteiger partial charge in [0.05, 0.1) is 13.2 Å². The summed E-state index contributed by atoms with van der Waals surface area (Å²) in [4.78, 5) is 0. The third-order valence-electron chi connectivity index (χ3n) is 1.59. The molecule has 0 bridgehead atoms. The molecule has 74 valence electrons. The van der Waals surface area contributed by atoms with Gasteiger partial charge in [-0.3, -0.25) is 0 Å². The highest BCUT2D eigenvalue weighted by molar-refractivity contribution is 5.06. The molecule has 0 aromatic carbocycles. The van der Waals surface area contributed by atoms with E-state index in [1.54, 1.807) is 7.11 Å². The molecule has 0 amide bonds. The zero-order chi connectivity index (χ0) is 9.52. The van der Waals surface area contributed by atoms with E-state index < -0.39 is 0 Å². The van der Waals surface area contributed by atoms with Crippen LogP contribution in [-0.4, -0.2) is 25.4 Å². The normalized spacial score (nSPS) is 10.6. The van der Waals surface area contributed by atoms with Crippen LogP contribution in [0.2, 0.25) is 0 Å². The van der Waals surface area contributed by atoms with E-state index in [4.69, 9.17) is 14.3 Å². The lowest BCUT2D eigenvalue weighted by molar-refractivity contribution is 0.162. The lowest BCUT2D eigenvalue weighted by Gasteiger charge is -1.98. The SMILES string of the molecule is COCc1ccc(CNCCO)o1. The fourth-order valence-electron chi connectivity index (χ4n) is 1.03. The molecular formula is C9H15NO3. The molecule has 0 atom stereocenters. The van der Waals surface area contributed by atoms with Crippen LogP contribution in [0, 0.1) is 0 Å². The molecule has 0 radical (unpaired) electrons. The molecule has 0 saturated carbocycles. The second-order valence-electron chi connectivity index (χ2n) is 2.70. The first-order valence-electron chi connectivity index (χ1n) is 4.25. The Bertz CT molecular complexity index is 235. The van der Waals surface area contributed by atoms with Gasteiger partial charge in [0.1, 0.15) is 18.1 Å². The minimum Gasteiger partial charge on any atom is -0.462 e. The van der Waals surface area contributed by atoms with Crippen molar-refractivity contribution in [3.63, 3.8) is 0 Å². The van der Waals surface area contributed by atoms with Crippen molar-refractivity contribution in [2.45, 2.75) is 13.2 Å². The van der Waals surface area contributed by atoms with Crippen LogP contribution in [0.15, 0.2) is 16.5 Å². The summed E-state index contributed by atoms with van der Waals surface area (Å²) >= 11 is 0. The molecule has 0 aliphatic rings. The number of aliphatic hydroxyl groups is 1. The lowest BCUT2D eigenvalue weighted by Crippen LogP contribution is -2.16. The van der Waals surface area contributed by atoms with E-state index in [2.05, 4.69) is 5.32 Å². The Hall–Kier alpha value is -0.840. The van der Waals surface area contributed by atoms with Gasteiger partial charge in [-0.15, -0.1) is 0 Å². The fraction of sp³-hybridized carbons (Fsp3) is 0.556. The Balaban J connectivity index is 2.31. The zero-order valence-electron chi connectivity index (χ0n) is 7.75. The molecule has 1 rings (SSSR count). The van der Waals surface area contributed by atoms with Crippen LogP contribution in [0.4, 0.5) is 0 Å². The van der Waals surface area contributed by atoms with Crippen molar-refractivity contribution in [1.82, 2.24) is 5.32 Å². The number of nitrogens with one attached hydrogen (secondary N) is 1. The Morgan fingerprint density at radius 3 is 2.92 bits per heavy atom. The summed E-state index contributed by atoms with van der Waals surface area (Å²) in [6.45, 7) is 1.87. The number of methoxy groups -OCH3 is 1. The molecule has 0 aliphatic carbocycles. The quantitative estimate of drug-likeness (QED) is 0.634. The van der Waals surface area contributed by atoms with Crippen molar-refractivity contribution in [2.75, 3.05) is 20.3 Å². The monoisotopic (exact) mass is 185 g/mol. The molecule has 1 aromatic rings. The molecular weight excluding hydrogens is 170 g/mol. The number of ether oxygens (including phenoxy) is 1. The Morgan fingerprint density at radius 1 is 1.46 bits per heavy atom. The molecule has 13 heavy (non-hydrogen) atoms. The molecule has 0 unspecified atom stereocenters. The minimum atomic E-state index is 0.144. The van der Waals surface area contributed by atoms with Crippen molar-refractivity contribution in [3.05, 3.63) is 23.7 Å². The average Bonchev–Trinajstić information content (AvgIpc) is 2.54. The smallest absolute Gasteiger partial charge is 0.129 e. The number of furan rings is 1. The summed E-state index contributed by atoms with van der Waals surface area (Å²) in [6, 6.07) is 3.79. The third kappa shape index (κ3) is 3.59. The van der Waals surface area contributed by atoms with Crippen LogP contribution >= 0.6 is 0 Å². The van der Waals surface area contributed by atoms with Crippen LogP contribution in [0.25, 0.3) is 0 Å². The van der Waals surface area contributed by atoms with Gasteiger partial charge in [-0.2, -0.15) is 0 Å². The summed E-state index contributed by atoms with van der Waals surface area (Å²) in [5.74, 6) is 1.68. The third-order valence-corrected chi connectivity index (χ3v) is 1.59. The summed E-state index contributed by atoms with van der Waals surface area (Å²) in [6.07, 6.45) is 0. The summed E-state index contributed by atoms with van der Waals surface area (Å²) < 4.78 is 10.3. The van der Waals surface area contributed by atoms with Gasteiger partial charge in [0.15, 0.2) is 0 Å². The van der Waals surface area contributed by atoms with Crippen LogP contribution < -0.4 is 5.32 Å². The van der Waals surface area contributed by atoms with Gasteiger partial charge in [0.25, 0.3) is 0 Å².